The maximum atomic E-state index is 11.8. The summed E-state index contributed by atoms with van der Waals surface area (Å²) in [5.74, 6) is -0.323. The average Bonchev–Trinajstić information content (AvgIpc) is 2.62. The van der Waals surface area contributed by atoms with Crippen LogP contribution in [0.3, 0.4) is 0 Å². The molecule has 1 aromatic carbocycles. The van der Waals surface area contributed by atoms with Crippen molar-refractivity contribution in [1.29, 1.82) is 5.26 Å². The standard InChI is InChI=1S/C17H18N2O5S/c1-11-14(8-18)17(25(20)21)15(9-24-10-22-2)16(19-11)12-5-4-6-13(7-12)23-3/h4-7,14H,9-10H2,1-3H3. The first-order valence-electron chi connectivity index (χ1n) is 7.39. The fourth-order valence-corrected chi connectivity index (χ4v) is 3.29. The number of nitrogens with zero attached hydrogens (tertiary/aromatic N) is 2. The van der Waals surface area contributed by atoms with Crippen LogP contribution in [0.1, 0.15) is 12.5 Å². The molecule has 2 rings (SSSR count). The van der Waals surface area contributed by atoms with E-state index in [0.717, 1.165) is 0 Å². The van der Waals surface area contributed by atoms with Crippen LogP contribution in [0.25, 0.3) is 5.70 Å². The van der Waals surface area contributed by atoms with Gasteiger partial charge in [0.1, 0.15) is 23.3 Å². The third kappa shape index (κ3) is 4.14. The molecule has 1 aromatic rings. The van der Waals surface area contributed by atoms with E-state index in [2.05, 4.69) is 4.99 Å². The quantitative estimate of drug-likeness (QED) is 0.434. The first kappa shape index (κ1) is 18.9. The highest BCUT2D eigenvalue weighted by Gasteiger charge is 2.31. The average molecular weight is 362 g/mol. The lowest BCUT2D eigenvalue weighted by molar-refractivity contribution is -0.0198. The SMILES string of the molecule is COCOCC1=C(c2cccc(OC)c2)N=C(C)C(C#N)C1=S(=O)=O. The molecule has 0 N–H and O–H groups in total. The summed E-state index contributed by atoms with van der Waals surface area (Å²) >= 11 is 0. The van der Waals surface area contributed by atoms with Gasteiger partial charge >= 0.3 is 0 Å². The Morgan fingerprint density at radius 1 is 1.32 bits per heavy atom. The third-order valence-corrected chi connectivity index (χ3v) is 4.49. The second-order valence-electron chi connectivity index (χ2n) is 5.23. The zero-order chi connectivity index (χ0) is 18.4. The van der Waals surface area contributed by atoms with Crippen LogP contribution >= 0.6 is 0 Å². The largest absolute Gasteiger partial charge is 0.497 e. The fourth-order valence-electron chi connectivity index (χ4n) is 2.51. The summed E-state index contributed by atoms with van der Waals surface area (Å²) in [7, 11) is 0.424. The predicted molar refractivity (Wildman–Crippen MR) is 93.9 cm³/mol. The normalized spacial score (nSPS) is 17.1. The Hall–Kier alpha value is -2.47. The second kappa shape index (κ2) is 8.58. The molecule has 0 bridgehead atoms. The van der Waals surface area contributed by atoms with Gasteiger partial charge in [0.15, 0.2) is 0 Å². The third-order valence-electron chi connectivity index (χ3n) is 3.65. The van der Waals surface area contributed by atoms with Crippen molar-refractivity contribution in [2.45, 2.75) is 6.92 Å². The van der Waals surface area contributed by atoms with Gasteiger partial charge in [-0.1, -0.05) is 12.1 Å². The molecular formula is C17H18N2O5S. The molecule has 0 saturated heterocycles. The molecule has 0 aliphatic carbocycles. The van der Waals surface area contributed by atoms with Gasteiger partial charge in [0.05, 0.1) is 25.5 Å². The van der Waals surface area contributed by atoms with E-state index in [1.54, 1.807) is 38.3 Å². The van der Waals surface area contributed by atoms with Crippen molar-refractivity contribution in [3.63, 3.8) is 0 Å². The van der Waals surface area contributed by atoms with Crippen LogP contribution in [0.5, 0.6) is 5.75 Å². The first-order chi connectivity index (χ1) is 12.0. The van der Waals surface area contributed by atoms with Gasteiger partial charge in [0.25, 0.3) is 0 Å². The molecular weight excluding hydrogens is 344 g/mol. The maximum absolute atomic E-state index is 11.8. The van der Waals surface area contributed by atoms with Crippen LogP contribution in [0.2, 0.25) is 0 Å². The Balaban J connectivity index is 2.69. The van der Waals surface area contributed by atoms with E-state index in [1.807, 2.05) is 6.07 Å². The van der Waals surface area contributed by atoms with E-state index in [1.165, 1.54) is 7.11 Å². The monoisotopic (exact) mass is 362 g/mol. The Bertz CT molecular complexity index is 886. The number of benzene rings is 1. The topological polar surface area (TPSA) is 98.0 Å². The van der Waals surface area contributed by atoms with Gasteiger partial charge in [-0.3, -0.25) is 4.99 Å². The van der Waals surface area contributed by atoms with Crippen molar-refractivity contribution < 1.29 is 22.6 Å². The van der Waals surface area contributed by atoms with E-state index >= 15 is 0 Å². The van der Waals surface area contributed by atoms with Gasteiger partial charge < -0.3 is 14.2 Å². The zero-order valence-electron chi connectivity index (χ0n) is 14.1. The first-order valence-corrected chi connectivity index (χ1v) is 8.46. The fraction of sp³-hybridized carbons (Fsp3) is 0.353. The van der Waals surface area contributed by atoms with Crippen molar-refractivity contribution in [1.82, 2.24) is 0 Å². The molecule has 1 unspecified atom stereocenters. The lowest BCUT2D eigenvalue weighted by Crippen LogP contribution is -2.29. The summed E-state index contributed by atoms with van der Waals surface area (Å²) in [5, 5.41) is 9.38. The highest BCUT2D eigenvalue weighted by Crippen LogP contribution is 2.31. The number of hydrogen-bond acceptors (Lipinski definition) is 7. The van der Waals surface area contributed by atoms with Crippen LogP contribution < -0.4 is 4.74 Å². The van der Waals surface area contributed by atoms with Gasteiger partial charge in [-0.25, -0.2) is 0 Å². The summed E-state index contributed by atoms with van der Waals surface area (Å²) < 4.78 is 39.1. The molecule has 0 fully saturated rings. The number of nitriles is 1. The van der Waals surface area contributed by atoms with Gasteiger partial charge in [0.2, 0.25) is 10.3 Å². The highest BCUT2D eigenvalue weighted by molar-refractivity contribution is 7.73. The number of ether oxygens (including phenoxy) is 3. The molecule has 8 heteroatoms. The van der Waals surface area contributed by atoms with Crippen LogP contribution in [-0.4, -0.2) is 46.6 Å². The van der Waals surface area contributed by atoms with Crippen molar-refractivity contribution >= 4 is 26.6 Å². The molecule has 0 aromatic heterocycles. The molecule has 7 nitrogen and oxygen atoms in total. The molecule has 0 radical (unpaired) electrons. The van der Waals surface area contributed by atoms with E-state index in [9.17, 15) is 13.7 Å². The van der Waals surface area contributed by atoms with E-state index in [4.69, 9.17) is 14.2 Å². The minimum absolute atomic E-state index is 0.00637. The molecule has 0 amide bonds. The molecule has 1 atom stereocenters. The lowest BCUT2D eigenvalue weighted by Gasteiger charge is -2.22. The molecule has 1 heterocycles. The Kier molecular flexibility index (Phi) is 6.47. The van der Waals surface area contributed by atoms with E-state index in [-0.39, 0.29) is 18.3 Å². The molecule has 25 heavy (non-hydrogen) atoms. The van der Waals surface area contributed by atoms with Gasteiger partial charge in [0, 0.05) is 24.0 Å². The molecule has 0 spiro atoms. The summed E-state index contributed by atoms with van der Waals surface area (Å²) in [5.41, 5.74) is 1.87. The highest BCUT2D eigenvalue weighted by atomic mass is 32.2. The Labute approximate surface area is 147 Å². The smallest absolute Gasteiger partial charge is 0.219 e. The number of methoxy groups -OCH3 is 2. The van der Waals surface area contributed by atoms with Crippen molar-refractivity contribution in [2.24, 2.45) is 10.9 Å². The van der Waals surface area contributed by atoms with Gasteiger partial charge in [-0.15, -0.1) is 0 Å². The lowest BCUT2D eigenvalue weighted by atomic mass is 9.90. The molecule has 0 saturated carbocycles. The number of aliphatic imine (C=N–C) groups is 1. The molecule has 1 aliphatic rings. The molecule has 132 valence electrons. The number of hydrogen-bond donors (Lipinski definition) is 0. The van der Waals surface area contributed by atoms with Crippen LogP contribution in [0.4, 0.5) is 0 Å². The number of rotatable bonds is 6. The van der Waals surface area contributed by atoms with Crippen molar-refractivity contribution in [3.05, 3.63) is 35.4 Å². The minimum atomic E-state index is -2.59. The summed E-state index contributed by atoms with van der Waals surface area (Å²) in [6.07, 6.45) is 0. The van der Waals surface area contributed by atoms with Crippen molar-refractivity contribution in [2.75, 3.05) is 27.6 Å². The van der Waals surface area contributed by atoms with E-state index in [0.29, 0.717) is 28.3 Å². The van der Waals surface area contributed by atoms with Gasteiger partial charge in [-0.2, -0.15) is 13.7 Å². The predicted octanol–water partition coefficient (Wildman–Crippen LogP) is 1.69. The Morgan fingerprint density at radius 2 is 2.08 bits per heavy atom. The summed E-state index contributed by atoms with van der Waals surface area (Å²) in [4.78, 5) is 4.45. The Morgan fingerprint density at radius 3 is 2.68 bits per heavy atom. The van der Waals surface area contributed by atoms with Crippen molar-refractivity contribution in [3.8, 4) is 11.8 Å². The maximum Gasteiger partial charge on any atom is 0.219 e. The van der Waals surface area contributed by atoms with Crippen LogP contribution in [-0.2, 0) is 19.8 Å². The van der Waals surface area contributed by atoms with Gasteiger partial charge in [-0.05, 0) is 19.1 Å². The molecule has 1 aliphatic heterocycles. The van der Waals surface area contributed by atoms with E-state index < -0.39 is 16.2 Å². The second-order valence-corrected chi connectivity index (χ2v) is 6.14. The van der Waals surface area contributed by atoms with Crippen LogP contribution in [0, 0.1) is 17.2 Å². The summed E-state index contributed by atoms with van der Waals surface area (Å²) in [6, 6.07) is 9.10. The zero-order valence-corrected chi connectivity index (χ0v) is 15.0. The summed E-state index contributed by atoms with van der Waals surface area (Å²) in [6.45, 7) is 1.58. The minimum Gasteiger partial charge on any atom is -0.497 e. The van der Waals surface area contributed by atoms with Crippen LogP contribution in [0.15, 0.2) is 34.8 Å².